The lowest BCUT2D eigenvalue weighted by Crippen LogP contribution is -2.42. The van der Waals surface area contributed by atoms with Crippen LogP contribution in [0.5, 0.6) is 23.0 Å². The summed E-state index contributed by atoms with van der Waals surface area (Å²) >= 11 is 0. The lowest BCUT2D eigenvalue weighted by atomic mass is 9.87. The van der Waals surface area contributed by atoms with E-state index < -0.39 is 17.7 Å². The quantitative estimate of drug-likeness (QED) is 0.125. The Morgan fingerprint density at radius 3 is 2.39 bits per heavy atom. The standard InChI is InChI=1S/C41H45FN2O7/c1-7-47-40(46)36(49-22-29-8-12-30(42)13-9-29)20-28-10-14-31(15-11-28)48-23-37-43-34-17-16-32(21-35(34)44(37)6)50-24-41(5)19-18-33-27(4)38(45)25(2)26(3)39(33)51-41/h8-17,21,36,45H,7,18-20,22-24H2,1-6H3. The number of carbonyl (C=O) groups is 1. The number of hydrogen-bond acceptors (Lipinski definition) is 8. The third-order valence-electron chi connectivity index (χ3n) is 9.71. The van der Waals surface area contributed by atoms with E-state index in [2.05, 4.69) is 6.92 Å². The second-order valence-corrected chi connectivity index (χ2v) is 13.4. The number of aromatic nitrogens is 2. The number of benzene rings is 4. The number of fused-ring (bicyclic) bond motifs is 2. The molecule has 51 heavy (non-hydrogen) atoms. The average Bonchev–Trinajstić information content (AvgIpc) is 3.45. The third kappa shape index (κ3) is 7.96. The molecule has 1 aliphatic heterocycles. The molecule has 2 unspecified atom stereocenters. The lowest BCUT2D eigenvalue weighted by molar-refractivity contribution is -0.157. The van der Waals surface area contributed by atoms with Crippen LogP contribution in [0.4, 0.5) is 4.39 Å². The van der Waals surface area contributed by atoms with E-state index in [0.29, 0.717) is 24.5 Å². The highest BCUT2D eigenvalue weighted by molar-refractivity contribution is 5.78. The highest BCUT2D eigenvalue weighted by atomic mass is 19.1. The van der Waals surface area contributed by atoms with E-state index in [9.17, 15) is 14.3 Å². The number of esters is 1. The normalized spacial score (nSPS) is 16.0. The van der Waals surface area contributed by atoms with Crippen LogP contribution in [-0.4, -0.2) is 45.5 Å². The minimum atomic E-state index is -0.807. The summed E-state index contributed by atoms with van der Waals surface area (Å²) in [4.78, 5) is 17.4. The number of phenols is 1. The molecule has 0 bridgehead atoms. The van der Waals surface area contributed by atoms with Gasteiger partial charge in [0.25, 0.3) is 0 Å². The van der Waals surface area contributed by atoms with E-state index in [1.165, 1.54) is 12.1 Å². The smallest absolute Gasteiger partial charge is 0.335 e. The Hall–Kier alpha value is -5.09. The Balaban J connectivity index is 1.06. The molecule has 0 radical (unpaired) electrons. The predicted molar refractivity (Wildman–Crippen MR) is 192 cm³/mol. The first kappa shape index (κ1) is 35.7. The van der Waals surface area contributed by atoms with Crippen LogP contribution in [0.1, 0.15) is 59.5 Å². The number of phenolic OH excluding ortho intramolecular Hbond substituents is 1. The molecular weight excluding hydrogens is 651 g/mol. The number of hydrogen-bond donors (Lipinski definition) is 1. The number of nitrogens with zero attached hydrogens (tertiary/aromatic N) is 2. The Bertz CT molecular complexity index is 2020. The van der Waals surface area contributed by atoms with E-state index in [1.54, 1.807) is 19.1 Å². The molecule has 0 saturated carbocycles. The number of rotatable bonds is 13. The number of imidazole rings is 1. The summed E-state index contributed by atoms with van der Waals surface area (Å²) in [5, 5.41) is 10.5. The topological polar surface area (TPSA) is 101 Å². The van der Waals surface area contributed by atoms with Gasteiger partial charge in [-0.15, -0.1) is 0 Å². The Morgan fingerprint density at radius 2 is 1.67 bits per heavy atom. The summed E-state index contributed by atoms with van der Waals surface area (Å²) in [6.07, 6.45) is 1.09. The summed E-state index contributed by atoms with van der Waals surface area (Å²) < 4.78 is 45.3. The predicted octanol–water partition coefficient (Wildman–Crippen LogP) is 7.78. The van der Waals surface area contributed by atoms with Crippen molar-refractivity contribution in [3.63, 3.8) is 0 Å². The van der Waals surface area contributed by atoms with Crippen LogP contribution in [0.15, 0.2) is 66.7 Å². The molecule has 2 heterocycles. The maximum Gasteiger partial charge on any atom is 0.335 e. The van der Waals surface area contributed by atoms with Gasteiger partial charge in [0, 0.05) is 25.1 Å². The van der Waals surface area contributed by atoms with Crippen LogP contribution in [-0.2, 0) is 47.4 Å². The molecule has 0 aliphatic carbocycles. The molecular formula is C41H45FN2O7. The van der Waals surface area contributed by atoms with Crippen molar-refractivity contribution >= 4 is 17.0 Å². The van der Waals surface area contributed by atoms with Crippen molar-refractivity contribution in [2.45, 2.75) is 78.8 Å². The van der Waals surface area contributed by atoms with E-state index in [4.69, 9.17) is 28.7 Å². The van der Waals surface area contributed by atoms with Crippen molar-refractivity contribution in [2.75, 3.05) is 13.2 Å². The largest absolute Gasteiger partial charge is 0.507 e. The molecule has 0 spiro atoms. The molecule has 5 aromatic rings. The first-order valence-corrected chi connectivity index (χ1v) is 17.3. The van der Waals surface area contributed by atoms with Crippen LogP contribution in [0.2, 0.25) is 0 Å². The zero-order chi connectivity index (χ0) is 36.3. The van der Waals surface area contributed by atoms with E-state index in [0.717, 1.165) is 74.6 Å². The van der Waals surface area contributed by atoms with Gasteiger partial charge in [-0.1, -0.05) is 24.3 Å². The van der Waals surface area contributed by atoms with Crippen molar-refractivity contribution in [2.24, 2.45) is 7.05 Å². The number of aryl methyl sites for hydroxylation is 1. The number of halogens is 1. The second kappa shape index (κ2) is 15.0. The maximum atomic E-state index is 13.3. The molecule has 6 rings (SSSR count). The second-order valence-electron chi connectivity index (χ2n) is 13.4. The summed E-state index contributed by atoms with van der Waals surface area (Å²) in [6.45, 7) is 10.7. The minimum absolute atomic E-state index is 0.158. The summed E-state index contributed by atoms with van der Waals surface area (Å²) in [5.41, 5.74) is 6.66. The molecule has 1 aliphatic rings. The van der Waals surface area contributed by atoms with Crippen molar-refractivity contribution in [3.05, 3.63) is 112 Å². The van der Waals surface area contributed by atoms with Gasteiger partial charge in [-0.25, -0.2) is 14.2 Å². The molecule has 1 aromatic heterocycles. The lowest BCUT2D eigenvalue weighted by Gasteiger charge is -2.37. The number of aromatic hydroxyl groups is 1. The molecule has 0 fully saturated rings. The molecule has 10 heteroatoms. The summed E-state index contributed by atoms with van der Waals surface area (Å²) in [5.74, 6) is 2.58. The molecule has 9 nitrogen and oxygen atoms in total. The van der Waals surface area contributed by atoms with Crippen molar-refractivity contribution in [3.8, 4) is 23.0 Å². The van der Waals surface area contributed by atoms with Gasteiger partial charge >= 0.3 is 5.97 Å². The molecule has 268 valence electrons. The first-order valence-electron chi connectivity index (χ1n) is 17.3. The fraction of sp³-hybridized carbons (Fsp3) is 0.366. The van der Waals surface area contributed by atoms with Crippen molar-refractivity contribution in [1.29, 1.82) is 0 Å². The highest BCUT2D eigenvalue weighted by Crippen LogP contribution is 2.43. The van der Waals surface area contributed by atoms with Crippen molar-refractivity contribution in [1.82, 2.24) is 9.55 Å². The van der Waals surface area contributed by atoms with E-state index >= 15 is 0 Å². The molecule has 1 N–H and O–H groups in total. The van der Waals surface area contributed by atoms with Gasteiger partial charge < -0.3 is 33.4 Å². The summed E-state index contributed by atoms with van der Waals surface area (Å²) in [6, 6.07) is 19.3. The van der Waals surface area contributed by atoms with Gasteiger partial charge in [0.15, 0.2) is 6.10 Å². The van der Waals surface area contributed by atoms with E-state index in [1.807, 2.05) is 74.9 Å². The van der Waals surface area contributed by atoms with Gasteiger partial charge in [0.2, 0.25) is 0 Å². The van der Waals surface area contributed by atoms with Crippen molar-refractivity contribution < 1.29 is 38.0 Å². The van der Waals surface area contributed by atoms with Crippen LogP contribution in [0.25, 0.3) is 11.0 Å². The fourth-order valence-corrected chi connectivity index (χ4v) is 6.38. The van der Waals surface area contributed by atoms with Crippen LogP contribution < -0.4 is 14.2 Å². The monoisotopic (exact) mass is 696 g/mol. The minimum Gasteiger partial charge on any atom is -0.507 e. The first-order chi connectivity index (χ1) is 24.4. The number of carbonyl (C=O) groups excluding carboxylic acids is 1. The fourth-order valence-electron chi connectivity index (χ4n) is 6.38. The Kier molecular flexibility index (Phi) is 10.5. The highest BCUT2D eigenvalue weighted by Gasteiger charge is 2.35. The van der Waals surface area contributed by atoms with Gasteiger partial charge in [0.1, 0.15) is 53.5 Å². The van der Waals surface area contributed by atoms with Gasteiger partial charge in [-0.3, -0.25) is 0 Å². The zero-order valence-electron chi connectivity index (χ0n) is 30.0. The SMILES string of the molecule is CCOC(=O)C(Cc1ccc(OCc2nc3ccc(OCC4(C)CCc5c(C)c(O)c(C)c(C)c5O4)cc3n2C)cc1)OCc1ccc(F)cc1. The average molecular weight is 697 g/mol. The van der Waals surface area contributed by atoms with Gasteiger partial charge in [-0.2, -0.15) is 0 Å². The summed E-state index contributed by atoms with van der Waals surface area (Å²) in [7, 11) is 1.95. The van der Waals surface area contributed by atoms with Gasteiger partial charge in [0.05, 0.1) is 24.2 Å². The van der Waals surface area contributed by atoms with Crippen LogP contribution in [0, 0.1) is 26.6 Å². The maximum absolute atomic E-state index is 13.3. The molecule has 2 atom stereocenters. The Morgan fingerprint density at radius 1 is 0.961 bits per heavy atom. The molecule has 0 saturated heterocycles. The number of ether oxygens (including phenoxy) is 5. The van der Waals surface area contributed by atoms with Crippen LogP contribution in [0.3, 0.4) is 0 Å². The zero-order valence-corrected chi connectivity index (χ0v) is 30.0. The van der Waals surface area contributed by atoms with E-state index in [-0.39, 0.29) is 25.6 Å². The molecule has 4 aromatic carbocycles. The van der Waals surface area contributed by atoms with Crippen LogP contribution >= 0.6 is 0 Å². The Labute approximate surface area is 297 Å². The molecule has 0 amide bonds. The van der Waals surface area contributed by atoms with Gasteiger partial charge in [-0.05, 0) is 112 Å². The third-order valence-corrected chi connectivity index (χ3v) is 9.71.